The van der Waals surface area contributed by atoms with Gasteiger partial charge in [0.1, 0.15) is 17.5 Å². The highest BCUT2D eigenvalue weighted by molar-refractivity contribution is 5.88. The minimum Gasteiger partial charge on any atom is -0.206 e. The van der Waals surface area contributed by atoms with Crippen LogP contribution < -0.4 is 0 Å². The quantitative estimate of drug-likeness (QED) is 0.321. The van der Waals surface area contributed by atoms with Crippen LogP contribution in [0, 0.1) is 36.0 Å². The molecule has 28 heavy (non-hydrogen) atoms. The Balaban J connectivity index is 1.85. The number of hydrogen-bond acceptors (Lipinski definition) is 0. The summed E-state index contributed by atoms with van der Waals surface area (Å²) in [5.41, 5.74) is 0.710. The summed E-state index contributed by atoms with van der Waals surface area (Å²) < 4.78 is 70.5. The molecule has 0 aliphatic rings. The maximum absolute atomic E-state index is 14.7. The lowest BCUT2D eigenvalue weighted by molar-refractivity contribution is 0.511. The zero-order valence-electron chi connectivity index (χ0n) is 14.7. The molecule has 0 N–H and O–H groups in total. The fourth-order valence-electron chi connectivity index (χ4n) is 3.26. The molecule has 4 rings (SSSR count). The second-order valence-electron chi connectivity index (χ2n) is 6.63. The van der Waals surface area contributed by atoms with E-state index in [1.54, 1.807) is 13.0 Å². The fourth-order valence-corrected chi connectivity index (χ4v) is 3.26. The number of hydrogen-bond donors (Lipinski definition) is 0. The Kier molecular flexibility index (Phi) is 4.38. The second kappa shape index (κ2) is 6.75. The van der Waals surface area contributed by atoms with E-state index in [2.05, 4.69) is 0 Å². The average molecular weight is 384 g/mol. The third-order valence-corrected chi connectivity index (χ3v) is 4.65. The summed E-state index contributed by atoms with van der Waals surface area (Å²) in [4.78, 5) is 0. The molecule has 0 nitrogen and oxygen atoms in total. The predicted molar refractivity (Wildman–Crippen MR) is 99.3 cm³/mol. The predicted octanol–water partition coefficient (Wildman–Crippen LogP) is 7.18. The Bertz CT molecular complexity index is 1200. The van der Waals surface area contributed by atoms with Gasteiger partial charge in [0.2, 0.25) is 0 Å². The van der Waals surface area contributed by atoms with E-state index >= 15 is 0 Å². The van der Waals surface area contributed by atoms with Crippen LogP contribution in [-0.4, -0.2) is 0 Å². The van der Waals surface area contributed by atoms with Crippen molar-refractivity contribution in [3.8, 4) is 22.3 Å². The van der Waals surface area contributed by atoms with Crippen LogP contribution in [0.1, 0.15) is 5.56 Å². The van der Waals surface area contributed by atoms with Gasteiger partial charge in [0.15, 0.2) is 11.6 Å². The van der Waals surface area contributed by atoms with Crippen LogP contribution in [0.3, 0.4) is 0 Å². The van der Waals surface area contributed by atoms with Crippen molar-refractivity contribution < 1.29 is 22.0 Å². The second-order valence-corrected chi connectivity index (χ2v) is 6.63. The molecule has 0 atom stereocenters. The summed E-state index contributed by atoms with van der Waals surface area (Å²) in [6, 6.07) is 12.8. The highest BCUT2D eigenvalue weighted by atomic mass is 19.2. The fraction of sp³-hybridized carbons (Fsp3) is 0.0435. The molecule has 0 heterocycles. The molecule has 0 aliphatic carbocycles. The van der Waals surface area contributed by atoms with Gasteiger partial charge in [-0.05, 0) is 70.8 Å². The summed E-state index contributed by atoms with van der Waals surface area (Å²) in [7, 11) is 0. The number of benzene rings is 4. The van der Waals surface area contributed by atoms with Gasteiger partial charge in [-0.15, -0.1) is 0 Å². The van der Waals surface area contributed by atoms with Gasteiger partial charge in [-0.1, -0.05) is 24.3 Å². The molecule has 0 amide bonds. The van der Waals surface area contributed by atoms with Crippen molar-refractivity contribution in [1.82, 2.24) is 0 Å². The first-order chi connectivity index (χ1) is 13.3. The molecule has 0 spiro atoms. The molecular formula is C23H13F5. The van der Waals surface area contributed by atoms with Crippen LogP contribution in [0.15, 0.2) is 60.7 Å². The van der Waals surface area contributed by atoms with Gasteiger partial charge in [-0.2, -0.15) is 0 Å². The largest absolute Gasteiger partial charge is 0.206 e. The van der Waals surface area contributed by atoms with Crippen molar-refractivity contribution in [1.29, 1.82) is 0 Å². The topological polar surface area (TPSA) is 0 Å². The molecule has 0 aromatic heterocycles. The van der Waals surface area contributed by atoms with Gasteiger partial charge in [-0.25, -0.2) is 22.0 Å². The highest BCUT2D eigenvalue weighted by Crippen LogP contribution is 2.34. The van der Waals surface area contributed by atoms with E-state index in [0.717, 1.165) is 24.3 Å². The van der Waals surface area contributed by atoms with E-state index in [9.17, 15) is 22.0 Å². The molecule has 0 unspecified atom stereocenters. The normalized spacial score (nSPS) is 11.2. The lowest BCUT2D eigenvalue weighted by atomic mass is 9.96. The van der Waals surface area contributed by atoms with Crippen molar-refractivity contribution in [2.45, 2.75) is 6.92 Å². The SMILES string of the molecule is Cc1ccc(-c2cc(F)c(-c3ccc4cc(F)c(F)cc4c3)c(F)c2)c(F)c1. The Morgan fingerprint density at radius 3 is 1.79 bits per heavy atom. The van der Waals surface area contributed by atoms with Gasteiger partial charge < -0.3 is 0 Å². The number of halogens is 5. The summed E-state index contributed by atoms with van der Waals surface area (Å²) in [5.74, 6) is -4.37. The van der Waals surface area contributed by atoms with Crippen LogP contribution in [0.2, 0.25) is 0 Å². The van der Waals surface area contributed by atoms with Crippen molar-refractivity contribution in [3.05, 3.63) is 95.3 Å². The summed E-state index contributed by atoms with van der Waals surface area (Å²) in [6.07, 6.45) is 0. The first-order valence-electron chi connectivity index (χ1n) is 8.48. The molecule has 0 fully saturated rings. The maximum Gasteiger partial charge on any atom is 0.159 e. The number of fused-ring (bicyclic) bond motifs is 1. The van der Waals surface area contributed by atoms with Gasteiger partial charge in [-0.3, -0.25) is 0 Å². The first-order valence-corrected chi connectivity index (χ1v) is 8.48. The molecular weight excluding hydrogens is 371 g/mol. The monoisotopic (exact) mass is 384 g/mol. The van der Waals surface area contributed by atoms with Gasteiger partial charge in [0, 0.05) is 5.56 Å². The third kappa shape index (κ3) is 3.13. The van der Waals surface area contributed by atoms with E-state index in [4.69, 9.17) is 0 Å². The van der Waals surface area contributed by atoms with Crippen LogP contribution in [0.25, 0.3) is 33.0 Å². The minimum absolute atomic E-state index is 0.0742. The van der Waals surface area contributed by atoms with E-state index in [-0.39, 0.29) is 22.3 Å². The van der Waals surface area contributed by atoms with E-state index < -0.39 is 29.1 Å². The van der Waals surface area contributed by atoms with Crippen LogP contribution >= 0.6 is 0 Å². The van der Waals surface area contributed by atoms with E-state index in [1.165, 1.54) is 30.3 Å². The van der Waals surface area contributed by atoms with Gasteiger partial charge in [0.25, 0.3) is 0 Å². The Hall–Kier alpha value is -3.21. The van der Waals surface area contributed by atoms with Gasteiger partial charge in [0.05, 0.1) is 5.56 Å². The van der Waals surface area contributed by atoms with E-state index in [1.807, 2.05) is 0 Å². The molecule has 0 saturated carbocycles. The molecule has 0 aliphatic heterocycles. The van der Waals surface area contributed by atoms with Crippen molar-refractivity contribution in [2.75, 3.05) is 0 Å². The van der Waals surface area contributed by atoms with Crippen LogP contribution in [0.5, 0.6) is 0 Å². The average Bonchev–Trinajstić information content (AvgIpc) is 2.62. The van der Waals surface area contributed by atoms with Crippen LogP contribution in [-0.2, 0) is 0 Å². The summed E-state index contributed by atoms with van der Waals surface area (Å²) >= 11 is 0. The lowest BCUT2D eigenvalue weighted by Crippen LogP contribution is -1.94. The van der Waals surface area contributed by atoms with Crippen LogP contribution in [0.4, 0.5) is 22.0 Å². The molecule has 0 bridgehead atoms. The van der Waals surface area contributed by atoms with E-state index in [0.29, 0.717) is 16.3 Å². The minimum atomic E-state index is -1.05. The first kappa shape index (κ1) is 18.2. The van der Waals surface area contributed by atoms with Crippen molar-refractivity contribution in [3.63, 3.8) is 0 Å². The molecule has 140 valence electrons. The number of rotatable bonds is 2. The maximum atomic E-state index is 14.7. The molecule has 5 heteroatoms. The highest BCUT2D eigenvalue weighted by Gasteiger charge is 2.17. The summed E-state index contributed by atoms with van der Waals surface area (Å²) in [5, 5.41) is 0.714. The zero-order valence-corrected chi connectivity index (χ0v) is 14.7. The molecule has 4 aromatic carbocycles. The standard InChI is InChI=1S/C23H13F5/c1-12-2-5-17(18(24)6-12)16-10-21(27)23(22(28)11-16)14-4-3-13-8-19(25)20(26)9-15(13)7-14/h2-11H,1H3. The Morgan fingerprint density at radius 1 is 0.500 bits per heavy atom. The molecule has 0 radical (unpaired) electrons. The Labute approximate surface area is 157 Å². The van der Waals surface area contributed by atoms with Crippen molar-refractivity contribution >= 4 is 10.8 Å². The Morgan fingerprint density at radius 2 is 1.14 bits per heavy atom. The number of aryl methyl sites for hydroxylation is 1. The van der Waals surface area contributed by atoms with Gasteiger partial charge >= 0.3 is 0 Å². The van der Waals surface area contributed by atoms with Crippen molar-refractivity contribution in [2.24, 2.45) is 0 Å². The zero-order chi connectivity index (χ0) is 20.0. The molecule has 0 saturated heterocycles. The smallest absolute Gasteiger partial charge is 0.159 e. The lowest BCUT2D eigenvalue weighted by Gasteiger charge is -2.11. The molecule has 4 aromatic rings. The summed E-state index contributed by atoms with van der Waals surface area (Å²) in [6.45, 7) is 1.71. The third-order valence-electron chi connectivity index (χ3n) is 4.65.